The first-order valence-electron chi connectivity index (χ1n) is 16.2. The van der Waals surface area contributed by atoms with Crippen molar-refractivity contribution in [1.82, 2.24) is 41.9 Å². The van der Waals surface area contributed by atoms with Crippen molar-refractivity contribution in [2.45, 2.75) is 81.9 Å². The summed E-state index contributed by atoms with van der Waals surface area (Å²) in [5.41, 5.74) is 7.03. The molecule has 0 aliphatic heterocycles. The Morgan fingerprint density at radius 3 is 2.00 bits per heavy atom. The fraction of sp³-hybridized carbons (Fsp3) is 0.469. The molecule has 0 fully saturated rings. The number of carboxylic acid groups (broad SMARTS) is 1. The average Bonchev–Trinajstić information content (AvgIpc) is 3.61. The van der Waals surface area contributed by atoms with E-state index in [4.69, 9.17) is 10.8 Å². The number of H-pyrrole nitrogens is 1. The Bertz CT molecular complexity index is 1520. The number of hydrogen-bond acceptors (Lipinski definition) is 12. The van der Waals surface area contributed by atoms with Crippen molar-refractivity contribution in [3.63, 3.8) is 0 Å². The number of rotatable bonds is 22. The highest BCUT2D eigenvalue weighted by atomic mass is 16.4. The SMILES string of the molecule is C[C@@H](O)[C@H](NC(=O)CNC(=O)[C@H](CCC(=O)O)NC(=O)CNC(=O)[C@@H](N)Cc1cnc[nH]1)C(=O)N[C@@H](Cc1ccccc1)C(=O)N[C@H](C=O)[C@@H](C)O. The van der Waals surface area contributed by atoms with Gasteiger partial charge in [-0.05, 0) is 25.8 Å². The lowest BCUT2D eigenvalue weighted by Crippen LogP contribution is -2.60. The molecule has 0 spiro atoms. The summed E-state index contributed by atoms with van der Waals surface area (Å²) < 4.78 is 0. The number of aromatic nitrogens is 2. The van der Waals surface area contributed by atoms with Crippen LogP contribution < -0.4 is 37.6 Å². The number of carbonyl (C=O) groups is 8. The smallest absolute Gasteiger partial charge is 0.303 e. The highest BCUT2D eigenvalue weighted by Gasteiger charge is 2.32. The van der Waals surface area contributed by atoms with Crippen LogP contribution in [-0.4, -0.2) is 128 Å². The number of aliphatic carboxylic acids is 1. The van der Waals surface area contributed by atoms with Gasteiger partial charge < -0.3 is 62.7 Å². The lowest BCUT2D eigenvalue weighted by Gasteiger charge is -2.26. The topological polar surface area (TPSA) is 324 Å². The van der Waals surface area contributed by atoms with Crippen molar-refractivity contribution in [3.8, 4) is 0 Å². The molecule has 2 rings (SSSR count). The number of nitrogens with one attached hydrogen (secondary N) is 7. The first kappa shape index (κ1) is 42.4. The molecule has 0 saturated heterocycles. The van der Waals surface area contributed by atoms with Gasteiger partial charge in [0.15, 0.2) is 0 Å². The number of nitrogens with two attached hydrogens (primary N) is 1. The summed E-state index contributed by atoms with van der Waals surface area (Å²) in [5.74, 6) is -6.58. The molecule has 0 radical (unpaired) electrons. The fourth-order valence-corrected chi connectivity index (χ4v) is 4.58. The Kier molecular flexibility index (Phi) is 17.5. The minimum atomic E-state index is -1.64. The molecule has 1 aromatic heterocycles. The van der Waals surface area contributed by atoms with E-state index in [1.807, 2.05) is 0 Å². The van der Waals surface area contributed by atoms with E-state index in [0.717, 1.165) is 0 Å². The van der Waals surface area contributed by atoms with E-state index in [1.165, 1.54) is 26.4 Å². The van der Waals surface area contributed by atoms with Gasteiger partial charge in [0.25, 0.3) is 0 Å². The van der Waals surface area contributed by atoms with Crippen LogP contribution in [0.1, 0.15) is 37.9 Å². The molecule has 0 aliphatic rings. The number of benzene rings is 1. The summed E-state index contributed by atoms with van der Waals surface area (Å²) in [4.78, 5) is 106. The third-order valence-corrected chi connectivity index (χ3v) is 7.45. The van der Waals surface area contributed by atoms with Gasteiger partial charge >= 0.3 is 5.97 Å². The van der Waals surface area contributed by atoms with E-state index >= 15 is 0 Å². The number of imidazole rings is 1. The standard InChI is InChI=1S/C32H45N9O11/c1-17(43)24(15-42)40-31(51)23(10-19-6-4-3-5-7-19)39-32(52)28(18(2)44)41-26(46)14-36-30(50)22(8-9-27(47)48)38-25(45)13-35-29(49)21(33)11-20-12-34-16-37-20/h3-7,12,15-18,21-24,28,43-44H,8-11,13-14,33H2,1-2H3,(H,34,37)(H,35,49)(H,36,50)(H,38,45)(H,39,52)(H,40,51)(H,41,46)(H,47,48)/t17-,18-,21+,22+,23+,24-,28+/m1/s1. The van der Waals surface area contributed by atoms with Crippen LogP contribution in [-0.2, 0) is 51.2 Å². The van der Waals surface area contributed by atoms with Crippen LogP contribution in [0.25, 0.3) is 0 Å². The summed E-state index contributed by atoms with van der Waals surface area (Å²) >= 11 is 0. The van der Waals surface area contributed by atoms with Crippen LogP contribution >= 0.6 is 0 Å². The van der Waals surface area contributed by atoms with E-state index in [9.17, 15) is 48.6 Å². The molecule has 52 heavy (non-hydrogen) atoms. The van der Waals surface area contributed by atoms with Crippen LogP contribution in [0.2, 0.25) is 0 Å². The summed E-state index contributed by atoms with van der Waals surface area (Å²) in [6, 6.07) is 1.77. The average molecular weight is 732 g/mol. The second-order valence-electron chi connectivity index (χ2n) is 11.8. The molecule has 7 atom stereocenters. The molecule has 0 unspecified atom stereocenters. The predicted octanol–water partition coefficient (Wildman–Crippen LogP) is -4.48. The zero-order valence-electron chi connectivity index (χ0n) is 28.5. The highest BCUT2D eigenvalue weighted by molar-refractivity contribution is 5.95. The number of carbonyl (C=O) groups excluding carboxylic acids is 7. The maximum absolute atomic E-state index is 13.2. The van der Waals surface area contributed by atoms with Crippen LogP contribution in [0.5, 0.6) is 0 Å². The molecule has 1 aromatic carbocycles. The molecule has 0 aliphatic carbocycles. The van der Waals surface area contributed by atoms with E-state index < -0.39 is 103 Å². The zero-order valence-corrected chi connectivity index (χ0v) is 28.5. The Balaban J connectivity index is 2.02. The Morgan fingerprint density at radius 1 is 0.808 bits per heavy atom. The molecular formula is C32H45N9O11. The molecule has 1 heterocycles. The third-order valence-electron chi connectivity index (χ3n) is 7.45. The highest BCUT2D eigenvalue weighted by Crippen LogP contribution is 2.06. The zero-order chi connectivity index (χ0) is 38.8. The third kappa shape index (κ3) is 15.0. The number of amides is 6. The van der Waals surface area contributed by atoms with Gasteiger partial charge in [-0.2, -0.15) is 0 Å². The fourth-order valence-electron chi connectivity index (χ4n) is 4.58. The lowest BCUT2D eigenvalue weighted by atomic mass is 10.0. The Morgan fingerprint density at radius 2 is 1.44 bits per heavy atom. The van der Waals surface area contributed by atoms with Crippen LogP contribution in [0.4, 0.5) is 0 Å². The molecule has 0 saturated carbocycles. The second kappa shape index (κ2) is 21.5. The van der Waals surface area contributed by atoms with E-state index in [0.29, 0.717) is 17.5 Å². The molecule has 12 N–H and O–H groups in total. The molecule has 20 nitrogen and oxygen atoms in total. The van der Waals surface area contributed by atoms with Crippen LogP contribution in [0.15, 0.2) is 42.9 Å². The van der Waals surface area contributed by atoms with E-state index in [1.54, 1.807) is 30.3 Å². The Hall–Kier alpha value is -5.73. The first-order chi connectivity index (χ1) is 24.6. The van der Waals surface area contributed by atoms with Crippen molar-refractivity contribution in [1.29, 1.82) is 0 Å². The van der Waals surface area contributed by atoms with Crippen molar-refractivity contribution in [2.24, 2.45) is 5.73 Å². The van der Waals surface area contributed by atoms with E-state index in [-0.39, 0.29) is 19.3 Å². The molecule has 20 heteroatoms. The number of aldehydes is 1. The predicted molar refractivity (Wildman–Crippen MR) is 180 cm³/mol. The summed E-state index contributed by atoms with van der Waals surface area (Å²) in [6.45, 7) is 1.09. The maximum atomic E-state index is 13.2. The number of carboxylic acids is 1. The van der Waals surface area contributed by atoms with Gasteiger partial charge in [0.05, 0.1) is 37.7 Å². The normalized spacial score (nSPS) is 14.9. The maximum Gasteiger partial charge on any atom is 0.303 e. The number of hydrogen-bond donors (Lipinski definition) is 11. The van der Waals surface area contributed by atoms with Crippen molar-refractivity contribution in [3.05, 3.63) is 54.1 Å². The van der Waals surface area contributed by atoms with Gasteiger partial charge in [0.2, 0.25) is 35.4 Å². The molecule has 284 valence electrons. The first-order valence-corrected chi connectivity index (χ1v) is 16.2. The number of aromatic amines is 1. The molecular weight excluding hydrogens is 686 g/mol. The van der Waals surface area contributed by atoms with Crippen LogP contribution in [0.3, 0.4) is 0 Å². The van der Waals surface area contributed by atoms with Gasteiger partial charge in [-0.1, -0.05) is 30.3 Å². The van der Waals surface area contributed by atoms with Gasteiger partial charge in [0.1, 0.15) is 30.5 Å². The molecule has 0 bridgehead atoms. The van der Waals surface area contributed by atoms with Gasteiger partial charge in [0, 0.05) is 31.2 Å². The minimum absolute atomic E-state index is 0.0640. The summed E-state index contributed by atoms with van der Waals surface area (Å²) in [6.07, 6.45) is -0.431. The van der Waals surface area contributed by atoms with Gasteiger partial charge in [-0.3, -0.25) is 33.6 Å². The monoisotopic (exact) mass is 731 g/mol. The summed E-state index contributed by atoms with van der Waals surface area (Å²) in [7, 11) is 0. The van der Waals surface area contributed by atoms with Crippen molar-refractivity contribution < 1.29 is 53.7 Å². The quantitative estimate of drug-likeness (QED) is 0.0510. The van der Waals surface area contributed by atoms with Crippen LogP contribution in [0, 0.1) is 0 Å². The number of aliphatic hydroxyl groups excluding tert-OH is 2. The number of nitrogens with zero attached hydrogens (tertiary/aromatic N) is 1. The minimum Gasteiger partial charge on any atom is -0.481 e. The molecule has 2 aromatic rings. The van der Waals surface area contributed by atoms with Gasteiger partial charge in [-0.25, -0.2) is 4.98 Å². The second-order valence-corrected chi connectivity index (χ2v) is 11.8. The Labute approximate surface area is 298 Å². The summed E-state index contributed by atoms with van der Waals surface area (Å²) in [5, 5.41) is 43.0. The lowest BCUT2D eigenvalue weighted by molar-refractivity contribution is -0.138. The van der Waals surface area contributed by atoms with Crippen molar-refractivity contribution in [2.75, 3.05) is 13.1 Å². The largest absolute Gasteiger partial charge is 0.481 e. The van der Waals surface area contributed by atoms with Crippen molar-refractivity contribution >= 4 is 47.7 Å². The van der Waals surface area contributed by atoms with Gasteiger partial charge in [-0.15, -0.1) is 0 Å². The number of aliphatic hydroxyl groups is 2. The van der Waals surface area contributed by atoms with E-state index in [2.05, 4.69) is 41.9 Å². The molecule has 6 amide bonds.